The SMILES string of the molecule is Cn1nccc1-c1ccc(N2CCC[C@H]2C(=O)Nc2ccc(C3=CC=CCC=C3)cc2)cc1. The van der Waals surface area contributed by atoms with E-state index in [-0.39, 0.29) is 11.9 Å². The average molecular weight is 437 g/mol. The number of carbonyl (C=O) groups excluding carboxylic acids is 1. The average Bonchev–Trinajstić information content (AvgIpc) is 3.42. The van der Waals surface area contributed by atoms with E-state index < -0.39 is 0 Å². The summed E-state index contributed by atoms with van der Waals surface area (Å²) < 4.78 is 1.87. The Morgan fingerprint density at radius 1 is 1.00 bits per heavy atom. The van der Waals surface area contributed by atoms with Gasteiger partial charge in [0.2, 0.25) is 5.91 Å². The quantitative estimate of drug-likeness (QED) is 0.567. The number of hydrogen-bond donors (Lipinski definition) is 1. The lowest BCUT2D eigenvalue weighted by Gasteiger charge is -2.26. The molecule has 1 N–H and O–H groups in total. The largest absolute Gasteiger partial charge is 0.360 e. The molecule has 0 bridgehead atoms. The van der Waals surface area contributed by atoms with Crippen LogP contribution in [0.4, 0.5) is 11.4 Å². The number of anilines is 2. The topological polar surface area (TPSA) is 50.2 Å². The highest BCUT2D eigenvalue weighted by atomic mass is 16.2. The minimum absolute atomic E-state index is 0.0486. The molecular weight excluding hydrogens is 408 g/mol. The van der Waals surface area contributed by atoms with Gasteiger partial charge in [0.1, 0.15) is 6.04 Å². The second kappa shape index (κ2) is 9.33. The molecule has 5 rings (SSSR count). The first-order chi connectivity index (χ1) is 16.2. The van der Waals surface area contributed by atoms with Crippen LogP contribution in [0.5, 0.6) is 0 Å². The lowest BCUT2D eigenvalue weighted by Crippen LogP contribution is -2.39. The molecule has 5 heteroatoms. The summed E-state index contributed by atoms with van der Waals surface area (Å²) in [5, 5.41) is 7.37. The molecule has 1 aliphatic carbocycles. The van der Waals surface area contributed by atoms with Crippen molar-refractivity contribution in [3.05, 3.63) is 96.7 Å². The van der Waals surface area contributed by atoms with Crippen LogP contribution in [0.3, 0.4) is 0 Å². The maximum atomic E-state index is 13.1. The number of aryl methyl sites for hydroxylation is 1. The molecule has 0 saturated carbocycles. The zero-order valence-corrected chi connectivity index (χ0v) is 18.8. The van der Waals surface area contributed by atoms with Crippen LogP contribution in [-0.4, -0.2) is 28.3 Å². The Morgan fingerprint density at radius 2 is 1.79 bits per heavy atom. The highest BCUT2D eigenvalue weighted by molar-refractivity contribution is 5.97. The van der Waals surface area contributed by atoms with Crippen molar-refractivity contribution in [2.45, 2.75) is 25.3 Å². The highest BCUT2D eigenvalue weighted by Crippen LogP contribution is 2.29. The molecule has 1 atom stereocenters. The van der Waals surface area contributed by atoms with Gasteiger partial charge in [0, 0.05) is 31.2 Å². The molecule has 0 unspecified atom stereocenters. The fraction of sp³-hybridized carbons (Fsp3) is 0.214. The lowest BCUT2D eigenvalue weighted by atomic mass is 10.0. The van der Waals surface area contributed by atoms with Crippen molar-refractivity contribution >= 4 is 22.9 Å². The van der Waals surface area contributed by atoms with Crippen LogP contribution < -0.4 is 10.2 Å². The van der Waals surface area contributed by atoms with E-state index in [0.29, 0.717) is 0 Å². The number of allylic oxidation sites excluding steroid dienone is 6. The van der Waals surface area contributed by atoms with Gasteiger partial charge in [0.05, 0.1) is 5.69 Å². The summed E-state index contributed by atoms with van der Waals surface area (Å²) in [6.45, 7) is 0.885. The van der Waals surface area contributed by atoms with E-state index in [0.717, 1.165) is 54.0 Å². The third kappa shape index (κ3) is 4.53. The number of nitrogens with one attached hydrogen (secondary N) is 1. The Morgan fingerprint density at radius 3 is 2.55 bits per heavy atom. The van der Waals surface area contributed by atoms with Crippen LogP contribution in [0.1, 0.15) is 24.8 Å². The van der Waals surface area contributed by atoms with Gasteiger partial charge in [0.15, 0.2) is 0 Å². The molecule has 1 aromatic heterocycles. The minimum atomic E-state index is -0.162. The van der Waals surface area contributed by atoms with Crippen molar-refractivity contribution in [1.82, 2.24) is 9.78 Å². The Balaban J connectivity index is 1.27. The summed E-state index contributed by atoms with van der Waals surface area (Å²) in [4.78, 5) is 15.3. The van der Waals surface area contributed by atoms with Crippen LogP contribution >= 0.6 is 0 Å². The molecule has 1 amide bonds. The van der Waals surface area contributed by atoms with Gasteiger partial charge in [-0.3, -0.25) is 9.48 Å². The molecule has 2 aliphatic rings. The van der Waals surface area contributed by atoms with Crippen LogP contribution in [0.15, 0.2) is 91.2 Å². The Hall–Kier alpha value is -3.86. The van der Waals surface area contributed by atoms with Gasteiger partial charge in [-0.05, 0) is 66.3 Å². The van der Waals surface area contributed by atoms with Gasteiger partial charge in [0.25, 0.3) is 0 Å². The molecule has 33 heavy (non-hydrogen) atoms. The van der Waals surface area contributed by atoms with Gasteiger partial charge < -0.3 is 10.2 Å². The molecule has 2 aromatic carbocycles. The van der Waals surface area contributed by atoms with E-state index in [1.165, 1.54) is 5.57 Å². The number of benzene rings is 2. The number of hydrogen-bond acceptors (Lipinski definition) is 3. The van der Waals surface area contributed by atoms with Crippen LogP contribution in [0.25, 0.3) is 16.8 Å². The standard InChI is InChI=1S/C28H28N4O/c1-31-26(18-19-29-31)23-12-16-25(17-13-23)32-20-6-9-27(32)28(33)30-24-14-10-22(11-15-24)21-7-4-2-3-5-8-21/h2,4-5,7-8,10-19,27H,3,6,9,20H2,1H3,(H,30,33)/t27-/m0/s1. The van der Waals surface area contributed by atoms with Gasteiger partial charge >= 0.3 is 0 Å². The predicted octanol–water partition coefficient (Wildman–Crippen LogP) is 5.59. The molecule has 0 spiro atoms. The van der Waals surface area contributed by atoms with E-state index in [1.807, 2.05) is 29.9 Å². The maximum absolute atomic E-state index is 13.1. The van der Waals surface area contributed by atoms with Crippen LogP contribution in [-0.2, 0) is 11.8 Å². The minimum Gasteiger partial charge on any atom is -0.360 e. The van der Waals surface area contributed by atoms with Crippen LogP contribution in [0.2, 0.25) is 0 Å². The first-order valence-corrected chi connectivity index (χ1v) is 11.5. The third-order valence-corrected chi connectivity index (χ3v) is 6.34. The lowest BCUT2D eigenvalue weighted by molar-refractivity contribution is -0.117. The first kappa shape index (κ1) is 21.0. The summed E-state index contributed by atoms with van der Waals surface area (Å²) in [5.74, 6) is 0.0486. The fourth-order valence-corrected chi connectivity index (χ4v) is 4.57. The number of rotatable bonds is 5. The first-order valence-electron chi connectivity index (χ1n) is 11.5. The summed E-state index contributed by atoms with van der Waals surface area (Å²) in [6.07, 6.45) is 15.3. The van der Waals surface area contributed by atoms with Crippen molar-refractivity contribution in [3.8, 4) is 11.3 Å². The van der Waals surface area contributed by atoms with Gasteiger partial charge in [-0.25, -0.2) is 0 Å². The van der Waals surface area contributed by atoms with Crippen molar-refractivity contribution in [2.75, 3.05) is 16.8 Å². The summed E-state index contributed by atoms with van der Waals surface area (Å²) in [6, 6.07) is 18.3. The molecule has 1 fully saturated rings. The maximum Gasteiger partial charge on any atom is 0.247 e. The normalized spacial score (nSPS) is 17.7. The number of carbonyl (C=O) groups is 1. The van der Waals surface area contributed by atoms with E-state index in [4.69, 9.17) is 0 Å². The molecule has 0 radical (unpaired) electrons. The van der Waals surface area contributed by atoms with Gasteiger partial charge in [-0.15, -0.1) is 0 Å². The highest BCUT2D eigenvalue weighted by Gasteiger charge is 2.31. The monoisotopic (exact) mass is 436 g/mol. The van der Waals surface area contributed by atoms with Crippen LogP contribution in [0, 0.1) is 0 Å². The molecule has 166 valence electrons. The second-order valence-corrected chi connectivity index (χ2v) is 8.49. The Kier molecular flexibility index (Phi) is 5.94. The summed E-state index contributed by atoms with van der Waals surface area (Å²) >= 11 is 0. The van der Waals surface area contributed by atoms with Crippen molar-refractivity contribution in [2.24, 2.45) is 7.05 Å². The second-order valence-electron chi connectivity index (χ2n) is 8.49. The van der Waals surface area contributed by atoms with E-state index >= 15 is 0 Å². The zero-order chi connectivity index (χ0) is 22.6. The van der Waals surface area contributed by atoms with Crippen molar-refractivity contribution in [3.63, 3.8) is 0 Å². The predicted molar refractivity (Wildman–Crippen MR) is 135 cm³/mol. The zero-order valence-electron chi connectivity index (χ0n) is 18.8. The summed E-state index contributed by atoms with van der Waals surface area (Å²) in [7, 11) is 1.94. The van der Waals surface area contributed by atoms with E-state index in [2.05, 4.69) is 82.1 Å². The number of amides is 1. The number of aromatic nitrogens is 2. The Labute approximate surface area is 194 Å². The summed E-state index contributed by atoms with van der Waals surface area (Å²) in [5.41, 5.74) is 6.43. The van der Waals surface area contributed by atoms with E-state index in [1.54, 1.807) is 6.20 Å². The molecule has 3 aromatic rings. The van der Waals surface area contributed by atoms with Gasteiger partial charge in [-0.1, -0.05) is 54.6 Å². The fourth-order valence-electron chi connectivity index (χ4n) is 4.57. The number of nitrogens with zero attached hydrogens (tertiary/aromatic N) is 3. The Bertz CT molecular complexity index is 1220. The molecular formula is C28H28N4O. The van der Waals surface area contributed by atoms with Crippen molar-refractivity contribution in [1.29, 1.82) is 0 Å². The molecule has 1 saturated heterocycles. The smallest absolute Gasteiger partial charge is 0.247 e. The molecule has 2 heterocycles. The van der Waals surface area contributed by atoms with E-state index in [9.17, 15) is 4.79 Å². The molecule has 5 nitrogen and oxygen atoms in total. The van der Waals surface area contributed by atoms with Gasteiger partial charge in [-0.2, -0.15) is 5.10 Å². The van der Waals surface area contributed by atoms with Crippen molar-refractivity contribution < 1.29 is 4.79 Å². The third-order valence-electron chi connectivity index (χ3n) is 6.34. The molecule has 1 aliphatic heterocycles.